The number of aryl methyl sites for hydroxylation is 1. The molecule has 0 fully saturated rings. The molecule has 0 unspecified atom stereocenters. The number of nitrogens with zero attached hydrogens (tertiary/aromatic N) is 2. The van der Waals surface area contributed by atoms with Crippen LogP contribution in [0.1, 0.15) is 31.8 Å². The van der Waals surface area contributed by atoms with Crippen molar-refractivity contribution in [3.05, 3.63) is 76.5 Å². The van der Waals surface area contributed by atoms with Crippen LogP contribution in [0.3, 0.4) is 0 Å². The van der Waals surface area contributed by atoms with E-state index < -0.39 is 54.4 Å². The highest BCUT2D eigenvalue weighted by Crippen LogP contribution is 2.42. The van der Waals surface area contributed by atoms with Gasteiger partial charge in [0.05, 0.1) is 23.4 Å². The standard InChI is InChI=1S/C21H13F6IN2O2/c1-11-8-12(10-29-17(21(25,26)27)9-16(28-29)20(22,23)24)6-7-15(11)30-18(31)13-4-2-3-5-14(13)19(30)32/h2-9H,10H2,1H3. The number of allylic oxidation sites excluding steroid dienone is 2. The first-order valence-corrected chi connectivity index (χ1v) is 11.2. The number of halogens is 7. The Morgan fingerprint density at radius 2 is 1.47 bits per heavy atom. The van der Waals surface area contributed by atoms with E-state index >= 15 is 0 Å². The van der Waals surface area contributed by atoms with Gasteiger partial charge in [0, 0.05) is 21.0 Å². The van der Waals surface area contributed by atoms with Gasteiger partial charge in [0.25, 0.3) is 11.8 Å². The molecule has 4 rings (SSSR count). The summed E-state index contributed by atoms with van der Waals surface area (Å²) >= 11 is -2.09. The molecule has 2 heterocycles. The van der Waals surface area contributed by atoms with Crippen molar-refractivity contribution < 1.29 is 35.9 Å². The Hall–Kier alpha value is -2.70. The summed E-state index contributed by atoms with van der Waals surface area (Å²) in [5.74, 6) is -1.03. The minimum Gasteiger partial charge on any atom is -0.311 e. The highest BCUT2D eigenvalue weighted by molar-refractivity contribution is 14.2. The van der Waals surface area contributed by atoms with Crippen molar-refractivity contribution in [2.24, 2.45) is 0 Å². The quantitative estimate of drug-likeness (QED) is 0.208. The van der Waals surface area contributed by atoms with Crippen LogP contribution in [0.15, 0.2) is 54.2 Å². The van der Waals surface area contributed by atoms with Gasteiger partial charge in [-0.15, -0.1) is 0 Å². The van der Waals surface area contributed by atoms with Crippen molar-refractivity contribution >= 4 is 42.0 Å². The van der Waals surface area contributed by atoms with Crippen molar-refractivity contribution in [1.29, 1.82) is 0 Å². The minimum atomic E-state index is -4.91. The number of hydrogen-bond donors (Lipinski definition) is 0. The molecule has 0 N–H and O–H groups in total. The van der Waals surface area contributed by atoms with Crippen LogP contribution in [0.2, 0.25) is 0 Å². The van der Waals surface area contributed by atoms with Crippen LogP contribution >= 0.6 is 21.0 Å². The van der Waals surface area contributed by atoms with Gasteiger partial charge < -0.3 is 3.11 Å². The number of hydrogen-bond acceptors (Lipinski definition) is 3. The fraction of sp³-hybridized carbons (Fsp3) is 0.190. The predicted molar refractivity (Wildman–Crippen MR) is 114 cm³/mol. The first-order chi connectivity index (χ1) is 14.9. The average Bonchev–Trinajstić information content (AvgIpc) is 3.23. The normalized spacial score (nSPS) is 16.7. The first-order valence-electron chi connectivity index (χ1n) is 9.11. The molecule has 0 saturated carbocycles. The maximum absolute atomic E-state index is 13.3. The van der Waals surface area contributed by atoms with Crippen molar-refractivity contribution in [2.75, 3.05) is 4.90 Å². The molecule has 0 bridgehead atoms. The molecule has 4 nitrogen and oxygen atoms in total. The SMILES string of the molecule is Cc1cc(CN2I=C(C(F)(F)F)C=C2C(F)(F)F)ccc1N1C(=O)c2ccccc2C1=O. The van der Waals surface area contributed by atoms with E-state index in [2.05, 4.69) is 0 Å². The molecule has 2 aliphatic rings. The zero-order valence-electron chi connectivity index (χ0n) is 16.2. The maximum atomic E-state index is 13.3. The first kappa shape index (κ1) is 22.5. The number of rotatable bonds is 3. The average molecular weight is 566 g/mol. The number of imide groups is 1. The van der Waals surface area contributed by atoms with Gasteiger partial charge in [0.2, 0.25) is 0 Å². The van der Waals surface area contributed by atoms with Gasteiger partial charge in [0.1, 0.15) is 9.21 Å². The van der Waals surface area contributed by atoms with E-state index in [4.69, 9.17) is 0 Å². The van der Waals surface area contributed by atoms with E-state index in [0.717, 1.165) is 8.01 Å². The molecule has 168 valence electrons. The second-order valence-electron chi connectivity index (χ2n) is 7.09. The van der Waals surface area contributed by atoms with Gasteiger partial charge in [0.15, 0.2) is 0 Å². The molecule has 32 heavy (non-hydrogen) atoms. The summed E-state index contributed by atoms with van der Waals surface area (Å²) in [6.45, 7) is 1.20. The van der Waals surface area contributed by atoms with E-state index in [1.54, 1.807) is 19.1 Å². The number of amides is 2. The Morgan fingerprint density at radius 3 is 1.97 bits per heavy atom. The van der Waals surface area contributed by atoms with Crippen LogP contribution < -0.4 is 4.90 Å². The van der Waals surface area contributed by atoms with Crippen molar-refractivity contribution in [2.45, 2.75) is 25.8 Å². The van der Waals surface area contributed by atoms with Crippen molar-refractivity contribution in [1.82, 2.24) is 3.11 Å². The van der Waals surface area contributed by atoms with Crippen LogP contribution in [-0.2, 0) is 6.54 Å². The lowest BCUT2D eigenvalue weighted by molar-refractivity contribution is -0.103. The molecule has 2 aliphatic heterocycles. The molecule has 0 atom stereocenters. The Bertz CT molecular complexity index is 1160. The maximum Gasteiger partial charge on any atom is 0.431 e. The number of anilines is 1. The summed E-state index contributed by atoms with van der Waals surface area (Å²) in [4.78, 5) is 26.3. The second-order valence-corrected chi connectivity index (χ2v) is 9.90. The molecule has 2 aromatic rings. The lowest BCUT2D eigenvalue weighted by Gasteiger charge is -2.22. The predicted octanol–water partition coefficient (Wildman–Crippen LogP) is 5.68. The molecule has 0 aliphatic carbocycles. The summed E-state index contributed by atoms with van der Waals surface area (Å²) < 4.78 is 78.4. The number of fused-ring (bicyclic) bond motifs is 1. The summed E-state index contributed by atoms with van der Waals surface area (Å²) in [5.41, 5.74) is 0.217. The second kappa shape index (κ2) is 7.71. The van der Waals surface area contributed by atoms with E-state index in [-0.39, 0.29) is 29.4 Å². The number of alkyl halides is 6. The molecule has 2 aromatic carbocycles. The third-order valence-electron chi connectivity index (χ3n) is 4.90. The van der Waals surface area contributed by atoms with E-state index in [1.807, 2.05) is 0 Å². The van der Waals surface area contributed by atoms with E-state index in [1.165, 1.54) is 30.3 Å². The summed E-state index contributed by atoms with van der Waals surface area (Å²) in [6, 6.07) is 10.6. The van der Waals surface area contributed by atoms with Gasteiger partial charge in [-0.25, -0.2) is 4.90 Å². The smallest absolute Gasteiger partial charge is 0.311 e. The van der Waals surface area contributed by atoms with Gasteiger partial charge in [-0.05, 0) is 42.3 Å². The van der Waals surface area contributed by atoms with E-state index in [0.29, 0.717) is 11.1 Å². The fourth-order valence-electron chi connectivity index (χ4n) is 3.47. The Kier molecular flexibility index (Phi) is 5.42. The summed E-state index contributed by atoms with van der Waals surface area (Å²) in [6.07, 6.45) is -9.56. The van der Waals surface area contributed by atoms with Crippen molar-refractivity contribution in [3.8, 4) is 0 Å². The highest BCUT2D eigenvalue weighted by atomic mass is 127. The lowest BCUT2D eigenvalue weighted by atomic mass is 10.1. The van der Waals surface area contributed by atoms with Gasteiger partial charge in [-0.1, -0.05) is 24.3 Å². The Morgan fingerprint density at radius 1 is 0.875 bits per heavy atom. The number of benzene rings is 2. The van der Waals surface area contributed by atoms with E-state index in [9.17, 15) is 35.9 Å². The highest BCUT2D eigenvalue weighted by Gasteiger charge is 2.45. The topological polar surface area (TPSA) is 40.6 Å². The molecule has 0 aromatic heterocycles. The van der Waals surface area contributed by atoms with Crippen LogP contribution in [0.25, 0.3) is 0 Å². The summed E-state index contributed by atoms with van der Waals surface area (Å²) in [7, 11) is 0. The fourth-order valence-corrected chi connectivity index (χ4v) is 6.04. The molecule has 11 heteroatoms. The Balaban J connectivity index is 1.62. The molecular formula is C21H13F6IN2O2. The largest absolute Gasteiger partial charge is 0.431 e. The van der Waals surface area contributed by atoms with Gasteiger partial charge in [-0.2, -0.15) is 26.3 Å². The van der Waals surface area contributed by atoms with Crippen LogP contribution in [0, 0.1) is 6.92 Å². The van der Waals surface area contributed by atoms with Gasteiger partial charge in [-0.3, -0.25) is 9.59 Å². The molecule has 2 amide bonds. The molecule has 0 spiro atoms. The van der Waals surface area contributed by atoms with Crippen molar-refractivity contribution in [3.63, 3.8) is 0 Å². The monoisotopic (exact) mass is 566 g/mol. The van der Waals surface area contributed by atoms with Gasteiger partial charge >= 0.3 is 12.4 Å². The third-order valence-corrected chi connectivity index (χ3v) is 7.78. The van der Waals surface area contributed by atoms with Crippen LogP contribution in [0.5, 0.6) is 0 Å². The minimum absolute atomic E-state index is 0.174. The number of carbonyl (C=O) groups excluding carboxylic acids is 2. The molecule has 0 radical (unpaired) electrons. The van der Waals surface area contributed by atoms with Crippen LogP contribution in [-0.4, -0.2) is 30.8 Å². The zero-order chi connectivity index (χ0) is 23.4. The number of carbonyl (C=O) groups is 2. The zero-order valence-corrected chi connectivity index (χ0v) is 18.3. The lowest BCUT2D eigenvalue weighted by Crippen LogP contribution is -2.30. The third kappa shape index (κ3) is 3.93. The Labute approximate surface area is 188 Å². The molecule has 0 saturated heterocycles. The molecular weight excluding hydrogens is 553 g/mol. The van der Waals surface area contributed by atoms with Crippen LogP contribution in [0.4, 0.5) is 32.0 Å². The summed E-state index contributed by atoms with van der Waals surface area (Å²) in [5, 5.41) is 0.